The van der Waals surface area contributed by atoms with E-state index in [0.29, 0.717) is 5.17 Å². The third-order valence-electron chi connectivity index (χ3n) is 0.551. The number of rotatable bonds is 3. The summed E-state index contributed by atoms with van der Waals surface area (Å²) >= 11 is 9.48. The largest absolute Gasteiger partial charge is 0.312 e. The van der Waals surface area contributed by atoms with Crippen molar-refractivity contribution in [2.24, 2.45) is 5.10 Å². The number of halogens is 1. The third kappa shape index (κ3) is 4.27. The molecule has 0 saturated heterocycles. The lowest BCUT2D eigenvalue weighted by Crippen LogP contribution is -1.99. The highest BCUT2D eigenvalue weighted by Crippen LogP contribution is 1.92. The quantitative estimate of drug-likeness (QED) is 0.353. The van der Waals surface area contributed by atoms with Gasteiger partial charge in [0.25, 0.3) is 0 Å². The summed E-state index contributed by atoms with van der Waals surface area (Å²) in [6.07, 6.45) is 0.728. The topological polar surface area (TPSA) is 24.4 Å². The van der Waals surface area contributed by atoms with E-state index in [1.165, 1.54) is 0 Å². The summed E-state index contributed by atoms with van der Waals surface area (Å²) < 4.78 is 0. The Morgan fingerprint density at radius 2 is 2.50 bits per heavy atom. The highest BCUT2D eigenvalue weighted by molar-refractivity contribution is 7.80. The molecule has 0 radical (unpaired) electrons. The second-order valence-electron chi connectivity index (χ2n) is 1.19. The lowest BCUT2D eigenvalue weighted by Gasteiger charge is -1.90. The molecule has 0 unspecified atom stereocenters. The zero-order valence-corrected chi connectivity index (χ0v) is 6.34. The number of hydrogen-bond acceptors (Lipinski definition) is 3. The summed E-state index contributed by atoms with van der Waals surface area (Å²) in [5.41, 5.74) is 2.57. The van der Waals surface area contributed by atoms with E-state index in [9.17, 15) is 0 Å². The molecule has 0 aromatic carbocycles. The SMILES string of the molecule is CN/N=C(/Cl)CCS. The van der Waals surface area contributed by atoms with Crippen LogP contribution in [0, 0.1) is 0 Å². The maximum Gasteiger partial charge on any atom is 0.126 e. The molecule has 48 valence electrons. The number of nitrogens with zero attached hydrogens (tertiary/aromatic N) is 1. The highest BCUT2D eigenvalue weighted by Gasteiger charge is 1.87. The van der Waals surface area contributed by atoms with Crippen molar-refractivity contribution in [1.29, 1.82) is 0 Å². The van der Waals surface area contributed by atoms with E-state index < -0.39 is 0 Å². The number of hydrazone groups is 1. The van der Waals surface area contributed by atoms with Crippen LogP contribution in [-0.4, -0.2) is 18.0 Å². The molecule has 0 bridgehead atoms. The molecule has 2 nitrogen and oxygen atoms in total. The van der Waals surface area contributed by atoms with E-state index in [1.54, 1.807) is 7.05 Å². The molecule has 0 aliphatic heterocycles. The van der Waals surface area contributed by atoms with Crippen molar-refractivity contribution in [1.82, 2.24) is 5.43 Å². The van der Waals surface area contributed by atoms with E-state index in [1.807, 2.05) is 0 Å². The molecule has 0 heterocycles. The molecular weight excluding hydrogens is 144 g/mol. The molecule has 4 heteroatoms. The van der Waals surface area contributed by atoms with Gasteiger partial charge in [0.05, 0.1) is 0 Å². The van der Waals surface area contributed by atoms with Gasteiger partial charge in [-0.2, -0.15) is 17.7 Å². The first kappa shape index (κ1) is 8.11. The molecule has 0 aromatic rings. The molecule has 0 rings (SSSR count). The molecular formula is C4H9ClN2S. The standard InChI is InChI=1S/C4H9ClN2S/c1-6-7-4(5)2-3-8/h6,8H,2-3H2,1H3/b7-4+. The third-order valence-corrected chi connectivity index (χ3v) is 1.05. The van der Waals surface area contributed by atoms with Gasteiger partial charge >= 0.3 is 0 Å². The Morgan fingerprint density at radius 3 is 2.88 bits per heavy atom. The number of nitrogens with one attached hydrogen (secondary N) is 1. The van der Waals surface area contributed by atoms with Crippen molar-refractivity contribution in [3.8, 4) is 0 Å². The van der Waals surface area contributed by atoms with E-state index in [-0.39, 0.29) is 0 Å². The summed E-state index contributed by atoms with van der Waals surface area (Å²) in [5.74, 6) is 0.740. The summed E-state index contributed by atoms with van der Waals surface area (Å²) in [6.45, 7) is 0. The summed E-state index contributed by atoms with van der Waals surface area (Å²) in [7, 11) is 1.71. The van der Waals surface area contributed by atoms with Gasteiger partial charge < -0.3 is 5.43 Å². The maximum absolute atomic E-state index is 5.52. The van der Waals surface area contributed by atoms with Gasteiger partial charge in [-0.15, -0.1) is 0 Å². The molecule has 0 amide bonds. The van der Waals surface area contributed by atoms with Crippen LogP contribution in [0.4, 0.5) is 0 Å². The van der Waals surface area contributed by atoms with Gasteiger partial charge in [0.15, 0.2) is 0 Å². The monoisotopic (exact) mass is 152 g/mol. The molecule has 0 spiro atoms. The Balaban J connectivity index is 3.29. The van der Waals surface area contributed by atoms with Crippen LogP contribution in [0.5, 0.6) is 0 Å². The van der Waals surface area contributed by atoms with Crippen LogP contribution >= 0.6 is 24.2 Å². The summed E-state index contributed by atoms with van der Waals surface area (Å²) in [6, 6.07) is 0. The predicted molar refractivity (Wildman–Crippen MR) is 40.8 cm³/mol. The highest BCUT2D eigenvalue weighted by atomic mass is 35.5. The minimum Gasteiger partial charge on any atom is -0.312 e. The summed E-state index contributed by atoms with van der Waals surface area (Å²) in [4.78, 5) is 0. The van der Waals surface area contributed by atoms with E-state index in [2.05, 4.69) is 23.2 Å². The van der Waals surface area contributed by atoms with Crippen LogP contribution in [0.1, 0.15) is 6.42 Å². The molecule has 0 aliphatic carbocycles. The van der Waals surface area contributed by atoms with Gasteiger partial charge in [-0.1, -0.05) is 11.6 Å². The van der Waals surface area contributed by atoms with Crippen LogP contribution in [0.15, 0.2) is 5.10 Å². The molecule has 0 aromatic heterocycles. The molecule has 1 N–H and O–H groups in total. The van der Waals surface area contributed by atoms with Crippen molar-refractivity contribution in [2.75, 3.05) is 12.8 Å². The van der Waals surface area contributed by atoms with Crippen molar-refractivity contribution < 1.29 is 0 Å². The Hall–Kier alpha value is 0.110. The first-order valence-corrected chi connectivity index (χ1v) is 3.32. The Bertz CT molecular complexity index is 84.1. The molecule has 0 saturated carbocycles. The van der Waals surface area contributed by atoms with Crippen LogP contribution in [0.2, 0.25) is 0 Å². The van der Waals surface area contributed by atoms with Crippen LogP contribution < -0.4 is 5.43 Å². The van der Waals surface area contributed by atoms with E-state index in [4.69, 9.17) is 11.6 Å². The van der Waals surface area contributed by atoms with Crippen LogP contribution in [-0.2, 0) is 0 Å². The van der Waals surface area contributed by atoms with Gasteiger partial charge in [0.2, 0.25) is 0 Å². The van der Waals surface area contributed by atoms with Gasteiger partial charge in [-0.3, -0.25) is 0 Å². The number of hydrogen-bond donors (Lipinski definition) is 2. The zero-order chi connectivity index (χ0) is 6.41. The zero-order valence-electron chi connectivity index (χ0n) is 4.69. The average molecular weight is 153 g/mol. The van der Waals surface area contributed by atoms with Crippen molar-refractivity contribution in [3.63, 3.8) is 0 Å². The lowest BCUT2D eigenvalue weighted by molar-refractivity contribution is 0.899. The smallest absolute Gasteiger partial charge is 0.126 e. The Morgan fingerprint density at radius 1 is 1.88 bits per heavy atom. The minimum absolute atomic E-state index is 0.572. The van der Waals surface area contributed by atoms with Crippen LogP contribution in [0.3, 0.4) is 0 Å². The molecule has 0 fully saturated rings. The Kier molecular flexibility index (Phi) is 5.32. The van der Waals surface area contributed by atoms with Gasteiger partial charge in [0, 0.05) is 13.5 Å². The van der Waals surface area contributed by atoms with Gasteiger partial charge in [-0.25, -0.2) is 0 Å². The molecule has 8 heavy (non-hydrogen) atoms. The van der Waals surface area contributed by atoms with E-state index in [0.717, 1.165) is 12.2 Å². The predicted octanol–water partition coefficient (Wildman–Crippen LogP) is 1.08. The second-order valence-corrected chi connectivity index (χ2v) is 2.07. The fraction of sp³-hybridized carbons (Fsp3) is 0.750. The van der Waals surface area contributed by atoms with Gasteiger partial charge in [0.1, 0.15) is 5.17 Å². The fourth-order valence-electron chi connectivity index (χ4n) is 0.269. The second kappa shape index (κ2) is 5.25. The molecule has 0 aliphatic rings. The number of thiol groups is 1. The maximum atomic E-state index is 5.52. The first-order chi connectivity index (χ1) is 3.81. The van der Waals surface area contributed by atoms with Crippen LogP contribution in [0.25, 0.3) is 0 Å². The van der Waals surface area contributed by atoms with E-state index >= 15 is 0 Å². The Labute approximate surface area is 59.7 Å². The lowest BCUT2D eigenvalue weighted by atomic mass is 10.5. The van der Waals surface area contributed by atoms with Gasteiger partial charge in [-0.05, 0) is 5.75 Å². The normalized spacial score (nSPS) is 11.6. The fourth-order valence-corrected chi connectivity index (χ4v) is 0.792. The summed E-state index contributed by atoms with van der Waals surface area (Å²) in [5, 5.41) is 4.27. The van der Waals surface area contributed by atoms with Crippen molar-refractivity contribution >= 4 is 29.4 Å². The van der Waals surface area contributed by atoms with Crippen molar-refractivity contribution in [2.45, 2.75) is 6.42 Å². The van der Waals surface area contributed by atoms with Crippen molar-refractivity contribution in [3.05, 3.63) is 0 Å². The molecule has 0 atom stereocenters. The average Bonchev–Trinajstić information content (AvgIpc) is 1.68. The first-order valence-electron chi connectivity index (χ1n) is 2.31. The minimum atomic E-state index is 0.572.